The largest absolute Gasteiger partial charge is 0.288 e. The summed E-state index contributed by atoms with van der Waals surface area (Å²) >= 11 is 0. The lowest BCUT2D eigenvalue weighted by molar-refractivity contribution is 0.0290. The van der Waals surface area contributed by atoms with Crippen molar-refractivity contribution >= 4 is 14.7 Å². The van der Waals surface area contributed by atoms with Gasteiger partial charge in [0.2, 0.25) is 0 Å². The van der Waals surface area contributed by atoms with E-state index in [1.807, 2.05) is 0 Å². The molecule has 0 aliphatic heterocycles. The van der Waals surface area contributed by atoms with E-state index in [9.17, 15) is 0 Å². The maximum absolute atomic E-state index is 2.64. The van der Waals surface area contributed by atoms with Crippen LogP contribution in [0.2, 0.25) is 5.04 Å². The molecule has 0 saturated carbocycles. The van der Waals surface area contributed by atoms with Crippen LogP contribution >= 0.6 is 0 Å². The van der Waals surface area contributed by atoms with Crippen LogP contribution in [0.4, 0.5) is 0 Å². The second kappa shape index (κ2) is 8.72. The molecule has 120 valence electrons. The Hall–Kier alpha value is -0.643. The van der Waals surface area contributed by atoms with E-state index in [0.29, 0.717) is 11.2 Å². The molecule has 1 aromatic carbocycles. The Morgan fingerprint density at radius 3 is 1.67 bits per heavy atom. The average Bonchev–Trinajstić information content (AvgIpc) is 2.48. The van der Waals surface area contributed by atoms with Crippen molar-refractivity contribution in [1.82, 2.24) is 9.80 Å². The molecule has 0 aliphatic rings. The van der Waals surface area contributed by atoms with Crippen LogP contribution in [0.25, 0.3) is 0 Å². The van der Waals surface area contributed by atoms with Gasteiger partial charge in [-0.2, -0.15) is 0 Å². The van der Waals surface area contributed by atoms with Crippen LogP contribution in [0.3, 0.4) is 0 Å². The topological polar surface area (TPSA) is 6.48 Å². The predicted molar refractivity (Wildman–Crippen MR) is 98.3 cm³/mol. The van der Waals surface area contributed by atoms with Gasteiger partial charge in [0.05, 0.1) is 15.7 Å². The van der Waals surface area contributed by atoms with Crippen molar-refractivity contribution in [3.05, 3.63) is 30.3 Å². The molecule has 0 atom stereocenters. The van der Waals surface area contributed by atoms with Gasteiger partial charge in [-0.05, 0) is 31.2 Å². The zero-order valence-electron chi connectivity index (χ0n) is 14.9. The lowest BCUT2D eigenvalue weighted by atomic mass is 10.1. The van der Waals surface area contributed by atoms with Gasteiger partial charge in [-0.1, -0.05) is 77.1 Å². The summed E-state index contributed by atoms with van der Waals surface area (Å²) in [6, 6.07) is 11.1. The first kappa shape index (κ1) is 18.4. The number of benzene rings is 1. The molecule has 2 nitrogen and oxygen atoms in total. The molecular formula is C18H34N2Si. The zero-order chi connectivity index (χ0) is 15.9. The van der Waals surface area contributed by atoms with Gasteiger partial charge in [0.15, 0.2) is 0 Å². The molecule has 0 N–H and O–H groups in total. The number of nitrogens with zero attached hydrogens (tertiary/aromatic N) is 2. The summed E-state index contributed by atoms with van der Waals surface area (Å²) in [4.78, 5) is 5.28. The third kappa shape index (κ3) is 4.94. The molecule has 0 heterocycles. The molecule has 1 rings (SSSR count). The SMILES string of the molecule is CCN(CC)C(N(CC)CC)C(C)(C)[SiH2]c1ccccc1. The van der Waals surface area contributed by atoms with Gasteiger partial charge in [-0.3, -0.25) is 9.80 Å². The summed E-state index contributed by atoms with van der Waals surface area (Å²) in [6.07, 6.45) is 0.550. The van der Waals surface area contributed by atoms with Gasteiger partial charge in [0.1, 0.15) is 0 Å². The van der Waals surface area contributed by atoms with E-state index in [1.165, 1.54) is 0 Å². The normalized spacial score (nSPS) is 13.2. The van der Waals surface area contributed by atoms with Crippen molar-refractivity contribution in [2.24, 2.45) is 0 Å². The van der Waals surface area contributed by atoms with E-state index in [-0.39, 0.29) is 9.52 Å². The first-order chi connectivity index (χ1) is 10.00. The van der Waals surface area contributed by atoms with Gasteiger partial charge >= 0.3 is 0 Å². The molecule has 0 aliphatic carbocycles. The average molecular weight is 307 g/mol. The Labute approximate surface area is 134 Å². The minimum absolute atomic E-state index is 0.337. The predicted octanol–water partition coefficient (Wildman–Crippen LogP) is 2.69. The lowest BCUT2D eigenvalue weighted by Crippen LogP contribution is -2.56. The maximum Gasteiger partial charge on any atom is 0.0648 e. The summed E-state index contributed by atoms with van der Waals surface area (Å²) in [5.74, 6) is 0. The summed E-state index contributed by atoms with van der Waals surface area (Å²) in [7, 11) is -0.337. The van der Waals surface area contributed by atoms with Crippen molar-refractivity contribution in [2.75, 3.05) is 26.2 Å². The minimum Gasteiger partial charge on any atom is -0.288 e. The molecular weight excluding hydrogens is 272 g/mol. The fraction of sp³-hybridized carbons (Fsp3) is 0.667. The quantitative estimate of drug-likeness (QED) is 0.511. The van der Waals surface area contributed by atoms with Crippen molar-refractivity contribution in [3.8, 4) is 0 Å². The van der Waals surface area contributed by atoms with Crippen LogP contribution in [-0.4, -0.2) is 51.7 Å². The first-order valence-electron chi connectivity index (χ1n) is 8.52. The van der Waals surface area contributed by atoms with Crippen LogP contribution in [0.15, 0.2) is 30.3 Å². The van der Waals surface area contributed by atoms with Crippen LogP contribution in [0.5, 0.6) is 0 Å². The van der Waals surface area contributed by atoms with Crippen molar-refractivity contribution in [1.29, 1.82) is 0 Å². The van der Waals surface area contributed by atoms with E-state index in [2.05, 4.69) is 81.7 Å². The fourth-order valence-corrected chi connectivity index (χ4v) is 5.83. The van der Waals surface area contributed by atoms with Crippen LogP contribution < -0.4 is 5.19 Å². The highest BCUT2D eigenvalue weighted by Crippen LogP contribution is 2.33. The monoisotopic (exact) mass is 306 g/mol. The summed E-state index contributed by atoms with van der Waals surface area (Å²) in [5.41, 5.74) is 0. The van der Waals surface area contributed by atoms with Gasteiger partial charge < -0.3 is 0 Å². The maximum atomic E-state index is 2.64. The smallest absolute Gasteiger partial charge is 0.0648 e. The van der Waals surface area contributed by atoms with Crippen molar-refractivity contribution in [3.63, 3.8) is 0 Å². The third-order valence-corrected chi connectivity index (χ3v) is 6.67. The van der Waals surface area contributed by atoms with Crippen molar-refractivity contribution < 1.29 is 0 Å². The van der Waals surface area contributed by atoms with E-state index in [1.54, 1.807) is 5.19 Å². The molecule has 0 amide bonds. The van der Waals surface area contributed by atoms with Crippen LogP contribution in [0, 0.1) is 0 Å². The Morgan fingerprint density at radius 2 is 1.29 bits per heavy atom. The molecule has 0 unspecified atom stereocenters. The fourth-order valence-electron chi connectivity index (χ4n) is 3.57. The molecule has 0 aromatic heterocycles. The second-order valence-electron chi connectivity index (χ2n) is 6.47. The molecule has 0 fully saturated rings. The lowest BCUT2D eigenvalue weighted by Gasteiger charge is -2.47. The highest BCUT2D eigenvalue weighted by molar-refractivity contribution is 6.56. The first-order valence-corrected chi connectivity index (χ1v) is 9.93. The summed E-state index contributed by atoms with van der Waals surface area (Å²) in [6.45, 7) is 18.6. The Kier molecular flexibility index (Phi) is 7.64. The summed E-state index contributed by atoms with van der Waals surface area (Å²) in [5, 5.41) is 1.94. The molecule has 1 aromatic rings. The molecule has 0 bridgehead atoms. The van der Waals surface area contributed by atoms with Crippen molar-refractivity contribution in [2.45, 2.75) is 52.7 Å². The van der Waals surface area contributed by atoms with Gasteiger partial charge in [0.25, 0.3) is 0 Å². The van der Waals surface area contributed by atoms with E-state index in [4.69, 9.17) is 0 Å². The third-order valence-electron chi connectivity index (χ3n) is 4.52. The standard InChI is InChI=1S/C18H34N2Si/c1-7-19(8-2)17(20(9-3)10-4)18(5,6)21-16-14-12-11-13-15-16/h11-15,17H,7-10,21H2,1-6H3. The zero-order valence-corrected chi connectivity index (χ0v) is 16.3. The van der Waals surface area contributed by atoms with E-state index in [0.717, 1.165) is 26.2 Å². The summed E-state index contributed by atoms with van der Waals surface area (Å²) < 4.78 is 0. The number of hydrogen-bond donors (Lipinski definition) is 0. The number of rotatable bonds is 9. The molecule has 0 radical (unpaired) electrons. The molecule has 0 saturated heterocycles. The second-order valence-corrected chi connectivity index (χ2v) is 9.46. The van der Waals surface area contributed by atoms with Gasteiger partial charge in [-0.15, -0.1) is 0 Å². The Bertz CT molecular complexity index is 371. The Morgan fingerprint density at radius 1 is 0.857 bits per heavy atom. The van der Waals surface area contributed by atoms with E-state index >= 15 is 0 Å². The highest BCUT2D eigenvalue weighted by Gasteiger charge is 2.36. The van der Waals surface area contributed by atoms with Gasteiger partial charge in [-0.25, -0.2) is 0 Å². The molecule has 3 heteroatoms. The van der Waals surface area contributed by atoms with Crippen LogP contribution in [-0.2, 0) is 0 Å². The van der Waals surface area contributed by atoms with Crippen LogP contribution in [0.1, 0.15) is 41.5 Å². The minimum atomic E-state index is -0.337. The van der Waals surface area contributed by atoms with E-state index < -0.39 is 0 Å². The number of hydrogen-bond acceptors (Lipinski definition) is 2. The van der Waals surface area contributed by atoms with Gasteiger partial charge in [0, 0.05) is 0 Å². The molecule has 0 spiro atoms. The highest BCUT2D eigenvalue weighted by atomic mass is 28.2. The molecule has 21 heavy (non-hydrogen) atoms. The Balaban J connectivity index is 3.03.